The third kappa shape index (κ3) is 4.49. The molecule has 3 nitrogen and oxygen atoms in total. The molecule has 1 heterocycles. The second kappa shape index (κ2) is 8.23. The molecule has 1 aromatic rings. The molecule has 0 spiro atoms. The van der Waals surface area contributed by atoms with Crippen molar-refractivity contribution in [2.45, 2.75) is 32.2 Å². The topological polar surface area (TPSA) is 35.5 Å². The molecule has 0 bridgehead atoms. The van der Waals surface area contributed by atoms with E-state index in [1.54, 1.807) is 0 Å². The number of phenols is 1. The summed E-state index contributed by atoms with van der Waals surface area (Å²) in [6.45, 7) is 6.29. The third-order valence-corrected chi connectivity index (χ3v) is 4.47. The first-order valence-electron chi connectivity index (χ1n) is 7.49. The molecule has 1 saturated heterocycles. The summed E-state index contributed by atoms with van der Waals surface area (Å²) in [5, 5.41) is 13.8. The Bertz CT molecular complexity index is 446. The smallest absolute Gasteiger partial charge is 0.123 e. The number of hydrogen-bond acceptors (Lipinski definition) is 3. The highest BCUT2D eigenvalue weighted by molar-refractivity contribution is 5.85. The number of phenolic OH excluding ortho intramolecular Hbond substituents is 1. The summed E-state index contributed by atoms with van der Waals surface area (Å²) in [6, 6.07) is 6.57. The quantitative estimate of drug-likeness (QED) is 0.888. The number of aromatic hydroxyl groups is 1. The van der Waals surface area contributed by atoms with Gasteiger partial charge in [-0.25, -0.2) is 0 Å². The van der Waals surface area contributed by atoms with Crippen LogP contribution in [-0.2, 0) is 0 Å². The summed E-state index contributed by atoms with van der Waals surface area (Å²) in [4.78, 5) is 2.54. The molecule has 2 aliphatic rings. The Hall–Kier alpha value is -0.480. The fourth-order valence-electron chi connectivity index (χ4n) is 3.09. The van der Waals surface area contributed by atoms with Crippen LogP contribution in [0, 0.1) is 12.8 Å². The van der Waals surface area contributed by atoms with Gasteiger partial charge in [-0.15, -0.1) is 24.8 Å². The van der Waals surface area contributed by atoms with E-state index >= 15 is 0 Å². The molecule has 5 heteroatoms. The molecule has 3 rings (SSSR count). The van der Waals surface area contributed by atoms with Crippen molar-refractivity contribution in [1.29, 1.82) is 0 Å². The van der Waals surface area contributed by atoms with Crippen LogP contribution in [0.15, 0.2) is 18.2 Å². The number of rotatable bonds is 4. The van der Waals surface area contributed by atoms with Gasteiger partial charge in [-0.05, 0) is 24.8 Å². The van der Waals surface area contributed by atoms with Crippen LogP contribution in [0.5, 0.6) is 5.75 Å². The van der Waals surface area contributed by atoms with Crippen molar-refractivity contribution >= 4 is 24.8 Å². The van der Waals surface area contributed by atoms with Crippen molar-refractivity contribution in [3.8, 4) is 5.75 Å². The van der Waals surface area contributed by atoms with Gasteiger partial charge in [-0.2, -0.15) is 0 Å². The fraction of sp³-hybridized carbons (Fsp3) is 0.625. The lowest BCUT2D eigenvalue weighted by molar-refractivity contribution is 0.158. The summed E-state index contributed by atoms with van der Waals surface area (Å²) in [5.74, 6) is 1.38. The van der Waals surface area contributed by atoms with Crippen molar-refractivity contribution < 1.29 is 5.11 Å². The van der Waals surface area contributed by atoms with E-state index in [0.29, 0.717) is 11.8 Å². The van der Waals surface area contributed by atoms with Crippen molar-refractivity contribution in [3.63, 3.8) is 0 Å². The van der Waals surface area contributed by atoms with Gasteiger partial charge in [-0.1, -0.05) is 31.0 Å². The molecule has 1 aliphatic heterocycles. The van der Waals surface area contributed by atoms with Crippen LogP contribution < -0.4 is 5.32 Å². The molecule has 120 valence electrons. The molecule has 1 saturated carbocycles. The number of halogens is 2. The fourth-order valence-corrected chi connectivity index (χ4v) is 3.09. The molecule has 1 aromatic carbocycles. The molecule has 0 unspecified atom stereocenters. The minimum absolute atomic E-state index is 0. The number of hydrogen-bond donors (Lipinski definition) is 2. The second-order valence-corrected chi connectivity index (χ2v) is 5.99. The van der Waals surface area contributed by atoms with Gasteiger partial charge in [0.1, 0.15) is 5.75 Å². The first-order valence-corrected chi connectivity index (χ1v) is 7.49. The monoisotopic (exact) mass is 332 g/mol. The molecule has 0 amide bonds. The highest BCUT2D eigenvalue weighted by Gasteiger charge is 2.31. The van der Waals surface area contributed by atoms with E-state index in [1.807, 2.05) is 13.0 Å². The zero-order chi connectivity index (χ0) is 13.2. The van der Waals surface area contributed by atoms with E-state index in [9.17, 15) is 5.11 Å². The Morgan fingerprint density at radius 3 is 2.52 bits per heavy atom. The molecule has 1 aliphatic carbocycles. The summed E-state index contributed by atoms with van der Waals surface area (Å²) < 4.78 is 0. The summed E-state index contributed by atoms with van der Waals surface area (Å²) >= 11 is 0. The maximum absolute atomic E-state index is 10.4. The average molecular weight is 333 g/mol. The highest BCUT2D eigenvalue weighted by atomic mass is 35.5. The van der Waals surface area contributed by atoms with Crippen molar-refractivity contribution in [3.05, 3.63) is 29.3 Å². The van der Waals surface area contributed by atoms with E-state index in [4.69, 9.17) is 0 Å². The van der Waals surface area contributed by atoms with Gasteiger partial charge in [0.2, 0.25) is 0 Å². The molecular weight excluding hydrogens is 307 g/mol. The molecule has 2 N–H and O–H groups in total. The van der Waals surface area contributed by atoms with Gasteiger partial charge in [0, 0.05) is 37.8 Å². The number of para-hydroxylation sites is 1. The number of nitrogens with one attached hydrogen (secondary N) is 1. The van der Waals surface area contributed by atoms with Crippen LogP contribution in [0.3, 0.4) is 0 Å². The van der Waals surface area contributed by atoms with Gasteiger partial charge in [0.15, 0.2) is 0 Å². The summed E-state index contributed by atoms with van der Waals surface area (Å²) in [7, 11) is 0. The highest BCUT2D eigenvalue weighted by Crippen LogP contribution is 2.42. The first kappa shape index (κ1) is 18.6. The van der Waals surface area contributed by atoms with Gasteiger partial charge in [0.05, 0.1) is 0 Å². The van der Waals surface area contributed by atoms with Gasteiger partial charge >= 0.3 is 0 Å². The number of piperazine rings is 1. The average Bonchev–Trinajstić information content (AvgIpc) is 3.25. The molecule has 2 fully saturated rings. The van der Waals surface area contributed by atoms with Crippen LogP contribution in [-0.4, -0.2) is 36.2 Å². The summed E-state index contributed by atoms with van der Waals surface area (Å²) in [6.07, 6.45) is 3.95. The zero-order valence-electron chi connectivity index (χ0n) is 12.5. The Labute approximate surface area is 139 Å². The van der Waals surface area contributed by atoms with Gasteiger partial charge in [-0.3, -0.25) is 4.90 Å². The van der Waals surface area contributed by atoms with Crippen LogP contribution >= 0.6 is 24.8 Å². The lowest BCUT2D eigenvalue weighted by atomic mass is 9.96. The number of aryl methyl sites for hydroxylation is 1. The van der Waals surface area contributed by atoms with E-state index in [-0.39, 0.29) is 24.8 Å². The molecule has 21 heavy (non-hydrogen) atoms. The molecule has 1 atom stereocenters. The maximum Gasteiger partial charge on any atom is 0.123 e. The lowest BCUT2D eigenvalue weighted by Gasteiger charge is -2.36. The van der Waals surface area contributed by atoms with Crippen LogP contribution in [0.2, 0.25) is 0 Å². The Morgan fingerprint density at radius 1 is 1.24 bits per heavy atom. The van der Waals surface area contributed by atoms with Crippen LogP contribution in [0.25, 0.3) is 0 Å². The zero-order valence-corrected chi connectivity index (χ0v) is 14.2. The SMILES string of the molecule is Cc1cccc([C@@H](CC2CC2)N2CCNCC2)c1O.Cl.Cl. The van der Waals surface area contributed by atoms with Gasteiger partial charge < -0.3 is 10.4 Å². The van der Waals surface area contributed by atoms with E-state index in [0.717, 1.165) is 43.2 Å². The standard InChI is InChI=1S/C16H24N2O.2ClH/c1-12-3-2-4-14(16(12)19)15(11-13-5-6-13)18-9-7-17-8-10-18;;/h2-4,13,15,17,19H,5-11H2,1H3;2*1H/t15-;;/m1../s1. The Morgan fingerprint density at radius 2 is 1.90 bits per heavy atom. The predicted molar refractivity (Wildman–Crippen MR) is 91.9 cm³/mol. The minimum Gasteiger partial charge on any atom is -0.507 e. The molecule has 0 radical (unpaired) electrons. The van der Waals surface area contributed by atoms with E-state index in [2.05, 4.69) is 22.3 Å². The van der Waals surface area contributed by atoms with Gasteiger partial charge in [0.25, 0.3) is 0 Å². The van der Waals surface area contributed by atoms with Crippen LogP contribution in [0.4, 0.5) is 0 Å². The van der Waals surface area contributed by atoms with E-state index < -0.39 is 0 Å². The normalized spacial score (nSPS) is 20.2. The summed E-state index contributed by atoms with van der Waals surface area (Å²) in [5.41, 5.74) is 2.13. The number of benzene rings is 1. The van der Waals surface area contributed by atoms with Crippen molar-refractivity contribution in [1.82, 2.24) is 10.2 Å². The lowest BCUT2D eigenvalue weighted by Crippen LogP contribution is -2.45. The molecular formula is C16H26Cl2N2O. The first-order chi connectivity index (χ1) is 9.25. The second-order valence-electron chi connectivity index (χ2n) is 5.99. The third-order valence-electron chi connectivity index (χ3n) is 4.47. The predicted octanol–water partition coefficient (Wildman–Crippen LogP) is 3.29. The van der Waals surface area contributed by atoms with Crippen molar-refractivity contribution in [2.24, 2.45) is 5.92 Å². The Kier molecular flexibility index (Phi) is 7.28. The maximum atomic E-state index is 10.4. The van der Waals surface area contributed by atoms with E-state index in [1.165, 1.54) is 19.3 Å². The molecule has 0 aromatic heterocycles. The Balaban J connectivity index is 0.00000110. The minimum atomic E-state index is 0. The number of nitrogens with zero attached hydrogens (tertiary/aromatic N) is 1. The van der Waals surface area contributed by atoms with Crippen LogP contribution in [0.1, 0.15) is 36.4 Å². The largest absolute Gasteiger partial charge is 0.507 e. The van der Waals surface area contributed by atoms with Crippen molar-refractivity contribution in [2.75, 3.05) is 26.2 Å².